The maximum Gasteiger partial charge on any atom is 0.238 e. The number of nitrogens with zero attached hydrogens (tertiary/aromatic N) is 1. The molecule has 1 atom stereocenters. The number of carbonyl (C=O) groups excluding carboxylic acids is 1. The van der Waals surface area contributed by atoms with Crippen LogP contribution in [-0.2, 0) is 14.6 Å². The van der Waals surface area contributed by atoms with Crippen molar-refractivity contribution in [1.82, 2.24) is 10.2 Å². The number of sulfone groups is 1. The van der Waals surface area contributed by atoms with E-state index in [2.05, 4.69) is 10.2 Å². The number of hydrogen-bond acceptors (Lipinski definition) is 4. The summed E-state index contributed by atoms with van der Waals surface area (Å²) in [7, 11) is 0.693. The van der Waals surface area contributed by atoms with Gasteiger partial charge in [-0.2, -0.15) is 0 Å². The van der Waals surface area contributed by atoms with Crippen LogP contribution in [0, 0.1) is 0 Å². The molecule has 5 nitrogen and oxygen atoms in total. The third-order valence-corrected chi connectivity index (χ3v) is 7.61. The van der Waals surface area contributed by atoms with Crippen LogP contribution in [0.3, 0.4) is 0 Å². The molecule has 1 amide bonds. The summed E-state index contributed by atoms with van der Waals surface area (Å²) >= 11 is 0. The molecule has 0 bridgehead atoms. The zero-order valence-electron chi connectivity index (χ0n) is 14.7. The summed E-state index contributed by atoms with van der Waals surface area (Å²) in [6.07, 6.45) is 6.89. The first-order valence-corrected chi connectivity index (χ1v) is 9.92. The molecule has 0 saturated heterocycles. The zero-order valence-corrected chi connectivity index (χ0v) is 15.5. The molecular formula is C16H32N2O3S. The molecule has 0 radical (unpaired) electrons. The Kier molecular flexibility index (Phi) is 6.86. The van der Waals surface area contributed by atoms with Gasteiger partial charge in [-0.15, -0.1) is 0 Å². The van der Waals surface area contributed by atoms with E-state index < -0.39 is 20.3 Å². The zero-order chi connectivity index (χ0) is 17.0. The van der Waals surface area contributed by atoms with Crippen LogP contribution in [0.2, 0.25) is 0 Å². The lowest BCUT2D eigenvalue weighted by Crippen LogP contribution is -2.54. The van der Waals surface area contributed by atoms with Crippen molar-refractivity contribution < 1.29 is 13.2 Å². The van der Waals surface area contributed by atoms with Crippen molar-refractivity contribution in [3.8, 4) is 0 Å². The number of amides is 1. The van der Waals surface area contributed by atoms with E-state index >= 15 is 0 Å². The van der Waals surface area contributed by atoms with E-state index in [1.54, 1.807) is 13.8 Å². The van der Waals surface area contributed by atoms with Crippen molar-refractivity contribution in [3.63, 3.8) is 0 Å². The van der Waals surface area contributed by atoms with Crippen molar-refractivity contribution in [2.75, 3.05) is 20.6 Å². The van der Waals surface area contributed by atoms with Gasteiger partial charge >= 0.3 is 0 Å². The molecular weight excluding hydrogens is 300 g/mol. The molecule has 1 aliphatic carbocycles. The average molecular weight is 333 g/mol. The first-order valence-electron chi connectivity index (χ1n) is 8.31. The highest BCUT2D eigenvalue weighted by molar-refractivity contribution is 7.93. The maximum absolute atomic E-state index is 12.3. The van der Waals surface area contributed by atoms with E-state index in [1.807, 2.05) is 14.1 Å². The Morgan fingerprint density at radius 2 is 1.59 bits per heavy atom. The van der Waals surface area contributed by atoms with Gasteiger partial charge in [0.2, 0.25) is 5.91 Å². The van der Waals surface area contributed by atoms with Crippen LogP contribution >= 0.6 is 0 Å². The van der Waals surface area contributed by atoms with Gasteiger partial charge in [0.1, 0.15) is 5.25 Å². The summed E-state index contributed by atoms with van der Waals surface area (Å²) in [6.45, 7) is 5.24. The molecule has 22 heavy (non-hydrogen) atoms. The minimum absolute atomic E-state index is 0.0481. The Hall–Kier alpha value is -0.620. The van der Waals surface area contributed by atoms with E-state index in [0.29, 0.717) is 6.54 Å². The van der Waals surface area contributed by atoms with Crippen molar-refractivity contribution in [1.29, 1.82) is 0 Å². The lowest BCUT2D eigenvalue weighted by molar-refractivity contribution is -0.121. The van der Waals surface area contributed by atoms with Gasteiger partial charge in [-0.3, -0.25) is 4.79 Å². The lowest BCUT2D eigenvalue weighted by Gasteiger charge is -2.40. The van der Waals surface area contributed by atoms with Gasteiger partial charge in [-0.1, -0.05) is 25.7 Å². The fourth-order valence-electron chi connectivity index (χ4n) is 3.12. The topological polar surface area (TPSA) is 66.5 Å². The molecule has 0 heterocycles. The minimum atomic E-state index is -3.40. The molecule has 0 aromatic carbocycles. The van der Waals surface area contributed by atoms with Crippen LogP contribution < -0.4 is 5.32 Å². The van der Waals surface area contributed by atoms with Crippen LogP contribution in [0.15, 0.2) is 0 Å². The van der Waals surface area contributed by atoms with Gasteiger partial charge in [0, 0.05) is 12.1 Å². The van der Waals surface area contributed by atoms with Gasteiger partial charge in [-0.05, 0) is 47.7 Å². The quantitative estimate of drug-likeness (QED) is 0.755. The molecule has 0 aromatic heterocycles. The predicted octanol–water partition coefficient (Wildman–Crippen LogP) is 1.97. The van der Waals surface area contributed by atoms with Crippen molar-refractivity contribution in [3.05, 3.63) is 0 Å². The Morgan fingerprint density at radius 1 is 1.09 bits per heavy atom. The fraction of sp³-hybridized carbons (Fsp3) is 0.938. The molecule has 0 aliphatic heterocycles. The first kappa shape index (κ1) is 19.4. The van der Waals surface area contributed by atoms with Crippen molar-refractivity contribution >= 4 is 15.7 Å². The second-order valence-electron chi connectivity index (χ2n) is 7.03. The van der Waals surface area contributed by atoms with Crippen LogP contribution in [0.5, 0.6) is 0 Å². The molecule has 0 spiro atoms. The summed E-state index contributed by atoms with van der Waals surface area (Å²) in [6, 6.07) is 0. The first-order chi connectivity index (χ1) is 10.1. The van der Waals surface area contributed by atoms with Crippen LogP contribution in [0.4, 0.5) is 0 Å². The van der Waals surface area contributed by atoms with E-state index in [0.717, 1.165) is 25.7 Å². The van der Waals surface area contributed by atoms with Gasteiger partial charge in [0.05, 0.1) is 5.25 Å². The van der Waals surface area contributed by atoms with Gasteiger partial charge in [0.15, 0.2) is 9.84 Å². The number of likely N-dealkylation sites (N-methyl/N-ethyl adjacent to an activating group) is 1. The molecule has 1 N–H and O–H groups in total. The predicted molar refractivity (Wildman–Crippen MR) is 90.6 cm³/mol. The smallest absolute Gasteiger partial charge is 0.238 e. The van der Waals surface area contributed by atoms with E-state index in [-0.39, 0.29) is 11.4 Å². The van der Waals surface area contributed by atoms with Gasteiger partial charge in [0.25, 0.3) is 0 Å². The minimum Gasteiger partial charge on any atom is -0.353 e. The van der Waals surface area contributed by atoms with Crippen molar-refractivity contribution in [2.24, 2.45) is 0 Å². The molecule has 1 saturated carbocycles. The lowest BCUT2D eigenvalue weighted by atomic mass is 9.88. The molecule has 6 heteroatoms. The second kappa shape index (κ2) is 7.77. The summed E-state index contributed by atoms with van der Waals surface area (Å²) in [5.41, 5.74) is -0.0481. The summed E-state index contributed by atoms with van der Waals surface area (Å²) < 4.78 is 24.2. The highest BCUT2D eigenvalue weighted by atomic mass is 32.2. The summed E-state index contributed by atoms with van der Waals surface area (Å²) in [5, 5.41) is 1.38. The van der Waals surface area contributed by atoms with E-state index in [1.165, 1.54) is 19.8 Å². The van der Waals surface area contributed by atoms with E-state index in [4.69, 9.17) is 0 Å². The van der Waals surface area contributed by atoms with Crippen molar-refractivity contribution in [2.45, 2.75) is 75.3 Å². The number of rotatable bonds is 6. The summed E-state index contributed by atoms with van der Waals surface area (Å²) in [5.74, 6) is -0.376. The largest absolute Gasteiger partial charge is 0.353 e. The fourth-order valence-corrected chi connectivity index (χ4v) is 4.32. The molecule has 0 unspecified atom stereocenters. The average Bonchev–Trinajstić information content (AvgIpc) is 2.70. The Morgan fingerprint density at radius 3 is 2.00 bits per heavy atom. The Bertz CT molecular complexity index is 464. The highest BCUT2D eigenvalue weighted by Crippen LogP contribution is 2.30. The van der Waals surface area contributed by atoms with Gasteiger partial charge in [-0.25, -0.2) is 8.42 Å². The molecule has 1 fully saturated rings. The number of nitrogens with one attached hydrogen (secondary N) is 1. The van der Waals surface area contributed by atoms with Crippen LogP contribution in [0.25, 0.3) is 0 Å². The van der Waals surface area contributed by atoms with Crippen LogP contribution in [-0.4, -0.2) is 55.9 Å². The van der Waals surface area contributed by atoms with Gasteiger partial charge < -0.3 is 10.2 Å². The standard InChI is InChI=1S/C16H32N2O3S/c1-13(2)22(20,21)14(3)15(19)17-12-16(18(4)5)10-8-6-7-9-11-16/h13-14H,6-12H2,1-5H3,(H,17,19)/t14-/m0/s1. The Balaban J connectivity index is 2.75. The number of hydrogen-bond donors (Lipinski definition) is 1. The highest BCUT2D eigenvalue weighted by Gasteiger charge is 2.36. The normalized spacial score (nSPS) is 20.7. The number of carbonyl (C=O) groups is 1. The maximum atomic E-state index is 12.3. The summed E-state index contributed by atoms with van der Waals surface area (Å²) in [4.78, 5) is 14.5. The van der Waals surface area contributed by atoms with E-state index in [9.17, 15) is 13.2 Å². The SMILES string of the molecule is CC(C)S(=O)(=O)[C@@H](C)C(=O)NCC1(N(C)C)CCCCCC1. The Labute approximate surface area is 135 Å². The van der Waals surface area contributed by atoms with Crippen LogP contribution in [0.1, 0.15) is 59.3 Å². The molecule has 130 valence electrons. The molecule has 0 aromatic rings. The second-order valence-corrected chi connectivity index (χ2v) is 9.86. The third-order valence-electron chi connectivity index (χ3n) is 5.09. The molecule has 1 rings (SSSR count). The molecule has 1 aliphatic rings. The monoisotopic (exact) mass is 332 g/mol. The third kappa shape index (κ3) is 4.44.